The van der Waals surface area contributed by atoms with Crippen LogP contribution in [0.25, 0.3) is 10.9 Å². The van der Waals surface area contributed by atoms with Gasteiger partial charge in [-0.05, 0) is 77.2 Å². The van der Waals surface area contributed by atoms with E-state index in [9.17, 15) is 4.79 Å². The molecule has 1 unspecified atom stereocenters. The molecule has 0 spiro atoms. The van der Waals surface area contributed by atoms with Crippen LogP contribution in [0.15, 0.2) is 30.3 Å². The number of ketones is 1. The first kappa shape index (κ1) is 25.7. The van der Waals surface area contributed by atoms with E-state index in [1.807, 2.05) is 0 Å². The van der Waals surface area contributed by atoms with Gasteiger partial charge < -0.3 is 14.6 Å². The third-order valence-electron chi connectivity index (χ3n) is 8.37. The number of carbonyl (C=O) groups is 1. The van der Waals surface area contributed by atoms with Crippen LogP contribution < -0.4 is 4.90 Å². The van der Waals surface area contributed by atoms with Gasteiger partial charge in [-0.1, -0.05) is 33.8 Å². The summed E-state index contributed by atoms with van der Waals surface area (Å²) in [5.41, 5.74) is 7.13. The highest BCUT2D eigenvalue weighted by molar-refractivity contribution is 14.1. The van der Waals surface area contributed by atoms with Crippen LogP contribution >= 0.6 is 22.6 Å². The van der Waals surface area contributed by atoms with E-state index in [4.69, 9.17) is 4.74 Å². The van der Waals surface area contributed by atoms with Crippen LogP contribution in [0, 0.1) is 3.57 Å². The molecule has 192 valence electrons. The summed E-state index contributed by atoms with van der Waals surface area (Å²) < 4.78 is 6.74. The molecule has 1 aliphatic carbocycles. The number of aryl methyl sites for hydroxylation is 1. The SMILES string of the molecule is CCc1cc2c(cc1N(C)CCC(CC)N1CCOCC1)C(C)(C)c1[nH]c3cc(I)ccc3c1C2=O. The summed E-state index contributed by atoms with van der Waals surface area (Å²) in [4.78, 5) is 22.5. The zero-order valence-electron chi connectivity index (χ0n) is 22.2. The standard InChI is InChI=1S/C30H38IN3O2/c1-6-19-16-23-24(18-26(19)33(5)11-10-21(7-2)34-12-14-36-15-13-34)30(3,4)29-27(28(23)35)22-9-8-20(31)17-25(22)32-29/h8-9,16-18,21,32H,6-7,10-15H2,1-5H3. The lowest BCUT2D eigenvalue weighted by Gasteiger charge is -2.36. The summed E-state index contributed by atoms with van der Waals surface area (Å²) in [6, 6.07) is 11.4. The summed E-state index contributed by atoms with van der Waals surface area (Å²) in [5.74, 6) is 0.147. The Hall–Kier alpha value is -1.90. The fraction of sp³-hybridized carbons (Fsp3) is 0.500. The van der Waals surface area contributed by atoms with Crippen molar-refractivity contribution in [2.75, 3.05) is 44.8 Å². The molecule has 5 rings (SSSR count). The van der Waals surface area contributed by atoms with Crippen LogP contribution in [-0.4, -0.2) is 61.6 Å². The molecule has 0 radical (unpaired) electrons. The Balaban J connectivity index is 1.49. The number of aromatic amines is 1. The van der Waals surface area contributed by atoms with E-state index in [2.05, 4.69) is 102 Å². The number of anilines is 1. The fourth-order valence-corrected chi connectivity index (χ4v) is 6.66. The maximum Gasteiger partial charge on any atom is 0.195 e. The van der Waals surface area contributed by atoms with E-state index >= 15 is 0 Å². The maximum atomic E-state index is 13.9. The van der Waals surface area contributed by atoms with E-state index in [1.54, 1.807) is 0 Å². The highest BCUT2D eigenvalue weighted by Gasteiger charge is 2.40. The minimum atomic E-state index is -0.287. The first-order chi connectivity index (χ1) is 17.3. The third kappa shape index (κ3) is 4.39. The van der Waals surface area contributed by atoms with Crippen molar-refractivity contribution in [1.29, 1.82) is 0 Å². The van der Waals surface area contributed by atoms with E-state index in [1.165, 1.54) is 14.8 Å². The van der Waals surface area contributed by atoms with Crippen molar-refractivity contribution in [3.05, 3.63) is 61.8 Å². The second-order valence-corrected chi connectivity index (χ2v) is 12.1. The number of carbonyl (C=O) groups excluding carboxylic acids is 1. The number of hydrogen-bond acceptors (Lipinski definition) is 4. The number of rotatable bonds is 7. The molecule has 2 aromatic carbocycles. The third-order valence-corrected chi connectivity index (χ3v) is 9.04. The van der Waals surface area contributed by atoms with Gasteiger partial charge in [0.2, 0.25) is 0 Å². The second kappa shape index (κ2) is 10.1. The summed E-state index contributed by atoms with van der Waals surface area (Å²) in [5, 5.41) is 1.03. The Labute approximate surface area is 228 Å². The number of aromatic nitrogens is 1. The molecule has 36 heavy (non-hydrogen) atoms. The molecule has 1 atom stereocenters. The summed E-state index contributed by atoms with van der Waals surface area (Å²) in [6.45, 7) is 13.7. The Morgan fingerprint density at radius 1 is 1.17 bits per heavy atom. The van der Waals surface area contributed by atoms with Crippen molar-refractivity contribution in [3.63, 3.8) is 0 Å². The summed E-state index contributed by atoms with van der Waals surface area (Å²) in [6.07, 6.45) is 3.18. The molecular weight excluding hydrogens is 561 g/mol. The Bertz CT molecular complexity index is 1290. The van der Waals surface area contributed by atoms with Gasteiger partial charge in [-0.15, -0.1) is 0 Å². The van der Waals surface area contributed by atoms with Crippen molar-refractivity contribution in [2.45, 2.75) is 58.4 Å². The molecule has 1 fully saturated rings. The van der Waals surface area contributed by atoms with E-state index < -0.39 is 0 Å². The molecule has 3 aromatic rings. The van der Waals surface area contributed by atoms with Crippen LogP contribution in [0.1, 0.15) is 73.3 Å². The van der Waals surface area contributed by atoms with Crippen molar-refractivity contribution in [3.8, 4) is 0 Å². The number of halogens is 1. The largest absolute Gasteiger partial charge is 0.379 e. The lowest BCUT2D eigenvalue weighted by atomic mass is 9.70. The Morgan fingerprint density at radius 3 is 2.61 bits per heavy atom. The van der Waals surface area contributed by atoms with Crippen LogP contribution in [0.4, 0.5) is 5.69 Å². The number of benzene rings is 2. The average molecular weight is 600 g/mol. The zero-order valence-corrected chi connectivity index (χ0v) is 24.4. The van der Waals surface area contributed by atoms with E-state index in [-0.39, 0.29) is 11.2 Å². The van der Waals surface area contributed by atoms with Crippen LogP contribution in [0.3, 0.4) is 0 Å². The van der Waals surface area contributed by atoms with Crippen LogP contribution in [0.5, 0.6) is 0 Å². The number of hydrogen-bond donors (Lipinski definition) is 1. The number of nitrogens with zero attached hydrogens (tertiary/aromatic N) is 2. The molecular formula is C30H38IN3O2. The molecule has 2 heterocycles. The Morgan fingerprint density at radius 2 is 1.92 bits per heavy atom. The highest BCUT2D eigenvalue weighted by Crippen LogP contribution is 2.45. The van der Waals surface area contributed by atoms with E-state index in [0.29, 0.717) is 6.04 Å². The quantitative estimate of drug-likeness (QED) is 0.332. The van der Waals surface area contributed by atoms with Crippen molar-refractivity contribution < 1.29 is 9.53 Å². The Kier molecular flexibility index (Phi) is 7.22. The minimum absolute atomic E-state index is 0.147. The van der Waals surface area contributed by atoms with Gasteiger partial charge in [-0.25, -0.2) is 0 Å². The number of H-pyrrole nitrogens is 1. The van der Waals surface area contributed by atoms with Gasteiger partial charge in [0.15, 0.2) is 5.78 Å². The molecule has 6 heteroatoms. The molecule has 0 saturated carbocycles. The molecule has 1 N–H and O–H groups in total. The maximum absolute atomic E-state index is 13.9. The first-order valence-corrected chi connectivity index (χ1v) is 14.4. The molecule has 0 bridgehead atoms. The number of nitrogens with one attached hydrogen (secondary N) is 1. The van der Waals surface area contributed by atoms with Gasteiger partial charge in [-0.3, -0.25) is 9.69 Å². The smallest absolute Gasteiger partial charge is 0.195 e. The van der Waals surface area contributed by atoms with Crippen LogP contribution in [0.2, 0.25) is 0 Å². The van der Waals surface area contributed by atoms with Crippen molar-refractivity contribution in [2.24, 2.45) is 0 Å². The topological polar surface area (TPSA) is 48.6 Å². The van der Waals surface area contributed by atoms with Crippen molar-refractivity contribution in [1.82, 2.24) is 9.88 Å². The molecule has 1 saturated heterocycles. The molecule has 5 nitrogen and oxygen atoms in total. The predicted octanol–water partition coefficient (Wildman–Crippen LogP) is 6.14. The lowest BCUT2D eigenvalue weighted by molar-refractivity contribution is 0.0144. The zero-order chi connectivity index (χ0) is 25.6. The minimum Gasteiger partial charge on any atom is -0.379 e. The predicted molar refractivity (Wildman–Crippen MR) is 157 cm³/mol. The molecule has 1 aromatic heterocycles. The number of morpholine rings is 1. The van der Waals surface area contributed by atoms with Gasteiger partial charge in [-0.2, -0.15) is 0 Å². The molecule has 0 amide bonds. The summed E-state index contributed by atoms with van der Waals surface area (Å²) >= 11 is 2.33. The number of ether oxygens (including phenoxy) is 1. The van der Waals surface area contributed by atoms with Gasteiger partial charge in [0, 0.05) is 69.6 Å². The normalized spacial score (nSPS) is 18.2. The molecule has 1 aliphatic heterocycles. The monoisotopic (exact) mass is 599 g/mol. The van der Waals surface area contributed by atoms with Gasteiger partial charge >= 0.3 is 0 Å². The fourth-order valence-electron chi connectivity index (χ4n) is 6.17. The van der Waals surface area contributed by atoms with Gasteiger partial charge in [0.25, 0.3) is 0 Å². The highest BCUT2D eigenvalue weighted by atomic mass is 127. The first-order valence-electron chi connectivity index (χ1n) is 13.3. The molecule has 2 aliphatic rings. The van der Waals surface area contributed by atoms with Gasteiger partial charge in [0.05, 0.1) is 18.8 Å². The van der Waals surface area contributed by atoms with E-state index in [0.717, 1.165) is 85.4 Å². The second-order valence-electron chi connectivity index (χ2n) is 10.8. The summed E-state index contributed by atoms with van der Waals surface area (Å²) in [7, 11) is 2.21. The van der Waals surface area contributed by atoms with Crippen molar-refractivity contribution >= 4 is 45.0 Å². The average Bonchev–Trinajstić information content (AvgIpc) is 3.27. The number of fused-ring (bicyclic) bond motifs is 4. The lowest BCUT2D eigenvalue weighted by Crippen LogP contribution is -2.44. The van der Waals surface area contributed by atoms with Crippen LogP contribution in [-0.2, 0) is 16.6 Å². The van der Waals surface area contributed by atoms with Gasteiger partial charge in [0.1, 0.15) is 0 Å².